The second-order valence-corrected chi connectivity index (χ2v) is 7.69. The van der Waals surface area contributed by atoms with Crippen molar-refractivity contribution in [1.82, 2.24) is 5.32 Å². The zero-order valence-electron chi connectivity index (χ0n) is 14.7. The summed E-state index contributed by atoms with van der Waals surface area (Å²) in [6.45, 7) is 10.7. The van der Waals surface area contributed by atoms with E-state index in [-0.39, 0.29) is 23.5 Å². The second-order valence-electron chi connectivity index (χ2n) is 7.69. The molecule has 5 heteroatoms. The van der Waals surface area contributed by atoms with Crippen molar-refractivity contribution >= 4 is 12.1 Å². The molecule has 0 radical (unpaired) electrons. The molecule has 1 N–H and O–H groups in total. The minimum absolute atomic E-state index is 0.00115. The summed E-state index contributed by atoms with van der Waals surface area (Å²) >= 11 is 0. The molecule has 0 aromatic rings. The van der Waals surface area contributed by atoms with E-state index in [9.17, 15) is 9.59 Å². The number of ether oxygens (including phenoxy) is 2. The standard InChI is InChI=1S/C17H31NO4/c1-6-7-8-9-10-16(2,3)12-17(4,5)18-14(19)13-11-21-15(20)22-13/h13H,6-12H2,1-5H3,(H,18,19). The molecule has 1 unspecified atom stereocenters. The second kappa shape index (κ2) is 7.84. The Bertz CT molecular complexity index is 390. The molecule has 1 fully saturated rings. The highest BCUT2D eigenvalue weighted by molar-refractivity contribution is 5.84. The van der Waals surface area contributed by atoms with Gasteiger partial charge in [-0.25, -0.2) is 4.79 Å². The first-order valence-corrected chi connectivity index (χ1v) is 8.31. The van der Waals surface area contributed by atoms with Crippen LogP contribution in [0.2, 0.25) is 0 Å². The minimum atomic E-state index is -0.820. The molecule has 0 spiro atoms. The van der Waals surface area contributed by atoms with Crippen LogP contribution < -0.4 is 5.32 Å². The molecule has 0 aromatic heterocycles. The number of cyclic esters (lactones) is 2. The van der Waals surface area contributed by atoms with E-state index in [0.717, 1.165) is 12.8 Å². The van der Waals surface area contributed by atoms with Crippen LogP contribution in [0.25, 0.3) is 0 Å². The highest BCUT2D eigenvalue weighted by Crippen LogP contribution is 2.33. The smallest absolute Gasteiger partial charge is 0.430 e. The Morgan fingerprint density at radius 3 is 2.45 bits per heavy atom. The maximum Gasteiger partial charge on any atom is 0.509 e. The molecular formula is C17H31NO4. The molecule has 1 atom stereocenters. The quantitative estimate of drug-likeness (QED) is 0.519. The fourth-order valence-electron chi connectivity index (χ4n) is 3.23. The topological polar surface area (TPSA) is 64.6 Å². The van der Waals surface area contributed by atoms with Crippen LogP contribution in [0.1, 0.15) is 73.1 Å². The van der Waals surface area contributed by atoms with E-state index in [0.29, 0.717) is 0 Å². The third kappa shape index (κ3) is 6.67. The first-order chi connectivity index (χ1) is 10.2. The van der Waals surface area contributed by atoms with Crippen LogP contribution in [0, 0.1) is 5.41 Å². The Labute approximate surface area is 134 Å². The third-order valence-electron chi connectivity index (χ3n) is 3.97. The summed E-state index contributed by atoms with van der Waals surface area (Å²) in [6.07, 6.45) is 5.44. The van der Waals surface area contributed by atoms with E-state index in [2.05, 4.69) is 30.8 Å². The summed E-state index contributed by atoms with van der Waals surface area (Å²) < 4.78 is 9.47. The van der Waals surface area contributed by atoms with E-state index in [1.54, 1.807) is 0 Å². The average Bonchev–Trinajstić information content (AvgIpc) is 2.79. The molecule has 1 saturated heterocycles. The van der Waals surface area contributed by atoms with Crippen molar-refractivity contribution in [3.05, 3.63) is 0 Å². The van der Waals surface area contributed by atoms with Crippen LogP contribution in [0.5, 0.6) is 0 Å². The van der Waals surface area contributed by atoms with Gasteiger partial charge in [0.25, 0.3) is 5.91 Å². The molecular weight excluding hydrogens is 282 g/mol. The average molecular weight is 313 g/mol. The van der Waals surface area contributed by atoms with Crippen LogP contribution >= 0.6 is 0 Å². The van der Waals surface area contributed by atoms with Gasteiger partial charge in [-0.2, -0.15) is 0 Å². The molecule has 0 bridgehead atoms. The highest BCUT2D eigenvalue weighted by Gasteiger charge is 2.36. The van der Waals surface area contributed by atoms with Gasteiger partial charge in [0.2, 0.25) is 6.10 Å². The number of hydrogen-bond acceptors (Lipinski definition) is 4. The molecule has 0 aromatic carbocycles. The van der Waals surface area contributed by atoms with Gasteiger partial charge in [-0.05, 0) is 32.1 Å². The van der Waals surface area contributed by atoms with E-state index in [1.807, 2.05) is 13.8 Å². The first-order valence-electron chi connectivity index (χ1n) is 8.31. The van der Waals surface area contributed by atoms with Crippen molar-refractivity contribution in [1.29, 1.82) is 0 Å². The fraction of sp³-hybridized carbons (Fsp3) is 0.882. The summed E-state index contributed by atoms with van der Waals surface area (Å²) in [4.78, 5) is 23.0. The van der Waals surface area contributed by atoms with Crippen molar-refractivity contribution < 1.29 is 19.1 Å². The monoisotopic (exact) mass is 313 g/mol. The van der Waals surface area contributed by atoms with Crippen molar-refractivity contribution in [2.75, 3.05) is 6.61 Å². The summed E-state index contributed by atoms with van der Waals surface area (Å²) in [5.74, 6) is -0.280. The first kappa shape index (κ1) is 18.8. The number of hydrogen-bond donors (Lipinski definition) is 1. The molecule has 1 aliphatic rings. The highest BCUT2D eigenvalue weighted by atomic mass is 16.8. The summed E-state index contributed by atoms with van der Waals surface area (Å²) in [6, 6.07) is 0. The predicted molar refractivity (Wildman–Crippen MR) is 85.6 cm³/mol. The number of unbranched alkanes of at least 4 members (excludes halogenated alkanes) is 3. The summed E-state index contributed by atoms with van der Waals surface area (Å²) in [5, 5.41) is 2.98. The molecule has 1 heterocycles. The van der Waals surface area contributed by atoms with Crippen LogP contribution in [-0.4, -0.2) is 30.3 Å². The van der Waals surface area contributed by atoms with Gasteiger partial charge in [0, 0.05) is 5.54 Å². The van der Waals surface area contributed by atoms with Crippen molar-refractivity contribution in [2.24, 2.45) is 5.41 Å². The van der Waals surface area contributed by atoms with Gasteiger partial charge in [0.05, 0.1) is 0 Å². The van der Waals surface area contributed by atoms with Crippen molar-refractivity contribution in [3.8, 4) is 0 Å². The van der Waals surface area contributed by atoms with Crippen LogP contribution in [0.15, 0.2) is 0 Å². The SMILES string of the molecule is CCCCCCC(C)(C)CC(C)(C)NC(=O)C1COC(=O)O1. The molecule has 5 nitrogen and oxygen atoms in total. The molecule has 0 saturated carbocycles. The Hall–Kier alpha value is -1.26. The Kier molecular flexibility index (Phi) is 6.69. The largest absolute Gasteiger partial charge is 0.509 e. The maximum absolute atomic E-state index is 12.1. The number of nitrogens with one attached hydrogen (secondary N) is 1. The van der Waals surface area contributed by atoms with Crippen LogP contribution in [-0.2, 0) is 14.3 Å². The fourth-order valence-corrected chi connectivity index (χ4v) is 3.23. The van der Waals surface area contributed by atoms with Crippen molar-refractivity contribution in [3.63, 3.8) is 0 Å². The molecule has 22 heavy (non-hydrogen) atoms. The summed E-state index contributed by atoms with van der Waals surface area (Å²) in [7, 11) is 0. The molecule has 1 rings (SSSR count). The lowest BCUT2D eigenvalue weighted by molar-refractivity contribution is -0.129. The van der Waals surface area contributed by atoms with Gasteiger partial charge >= 0.3 is 6.16 Å². The van der Waals surface area contributed by atoms with Gasteiger partial charge < -0.3 is 14.8 Å². The third-order valence-corrected chi connectivity index (χ3v) is 3.97. The lowest BCUT2D eigenvalue weighted by Crippen LogP contribution is -2.50. The minimum Gasteiger partial charge on any atom is -0.430 e. The summed E-state index contributed by atoms with van der Waals surface area (Å²) in [5.41, 5.74) is -0.187. The maximum atomic E-state index is 12.1. The molecule has 1 aliphatic heterocycles. The van der Waals surface area contributed by atoms with Gasteiger partial charge in [0.15, 0.2) is 0 Å². The Morgan fingerprint density at radius 1 is 1.23 bits per heavy atom. The van der Waals surface area contributed by atoms with Crippen molar-refractivity contribution in [2.45, 2.75) is 84.8 Å². The number of amides is 1. The number of carbonyl (C=O) groups is 2. The van der Waals surface area contributed by atoms with E-state index >= 15 is 0 Å². The zero-order valence-corrected chi connectivity index (χ0v) is 14.7. The lowest BCUT2D eigenvalue weighted by Gasteiger charge is -2.36. The number of rotatable bonds is 9. The van der Waals surface area contributed by atoms with Gasteiger partial charge in [-0.3, -0.25) is 4.79 Å². The van der Waals surface area contributed by atoms with Gasteiger partial charge in [-0.15, -0.1) is 0 Å². The molecule has 0 aliphatic carbocycles. The van der Waals surface area contributed by atoms with Gasteiger partial charge in [0.1, 0.15) is 6.61 Å². The normalized spacial score (nSPS) is 18.8. The molecule has 1 amide bonds. The Balaban J connectivity index is 2.43. The Morgan fingerprint density at radius 2 is 1.91 bits per heavy atom. The lowest BCUT2D eigenvalue weighted by atomic mass is 9.76. The van der Waals surface area contributed by atoms with Crippen LogP contribution in [0.4, 0.5) is 4.79 Å². The van der Waals surface area contributed by atoms with E-state index < -0.39 is 12.3 Å². The zero-order chi connectivity index (χ0) is 16.8. The van der Waals surface area contributed by atoms with E-state index in [4.69, 9.17) is 4.74 Å². The van der Waals surface area contributed by atoms with Crippen LogP contribution in [0.3, 0.4) is 0 Å². The molecule has 128 valence electrons. The van der Waals surface area contributed by atoms with E-state index in [1.165, 1.54) is 25.7 Å². The van der Waals surface area contributed by atoms with Gasteiger partial charge in [-0.1, -0.05) is 46.5 Å². The number of carbonyl (C=O) groups excluding carboxylic acids is 2. The predicted octanol–water partition coefficient (Wildman–Crippen LogP) is 3.80.